The van der Waals surface area contributed by atoms with Crippen LogP contribution in [0.3, 0.4) is 0 Å². The summed E-state index contributed by atoms with van der Waals surface area (Å²) in [4.78, 5) is 27.4. The summed E-state index contributed by atoms with van der Waals surface area (Å²) >= 11 is 0. The Labute approximate surface area is 287 Å². The van der Waals surface area contributed by atoms with Crippen molar-refractivity contribution in [1.82, 2.24) is 14.7 Å². The van der Waals surface area contributed by atoms with Gasteiger partial charge in [0.15, 0.2) is 0 Å². The van der Waals surface area contributed by atoms with Crippen molar-refractivity contribution >= 4 is 44.5 Å². The summed E-state index contributed by atoms with van der Waals surface area (Å²) in [6.07, 6.45) is -2.47. The van der Waals surface area contributed by atoms with Gasteiger partial charge in [0.2, 0.25) is 0 Å². The van der Waals surface area contributed by atoms with Gasteiger partial charge in [-0.1, -0.05) is 18.2 Å². The van der Waals surface area contributed by atoms with Gasteiger partial charge in [-0.3, -0.25) is 4.72 Å². The van der Waals surface area contributed by atoms with Crippen LogP contribution in [0, 0.1) is 6.92 Å². The number of benzene rings is 3. The van der Waals surface area contributed by atoms with Crippen molar-refractivity contribution < 1.29 is 37.3 Å². The van der Waals surface area contributed by atoms with Crippen LogP contribution in [0.15, 0.2) is 71.6 Å². The van der Waals surface area contributed by atoms with E-state index in [1.54, 1.807) is 104 Å². The smallest absolute Gasteiger partial charge is 0.435 e. The zero-order valence-corrected chi connectivity index (χ0v) is 29.9. The Bertz CT molecular complexity index is 1910. The number of nitrogens with one attached hydrogen (secondary N) is 2. The molecular formula is C35H45N5O8S. The number of carbonyl (C=O) groups excluding carboxylic acids is 2. The fraction of sp³-hybridized carbons (Fsp3) is 0.400. The molecular weight excluding hydrogens is 650 g/mol. The molecule has 0 aliphatic carbocycles. The maximum Gasteiger partial charge on any atom is 0.435 e. The third-order valence-electron chi connectivity index (χ3n) is 7.04. The zero-order valence-electron chi connectivity index (χ0n) is 29.1. The Morgan fingerprint density at radius 2 is 1.61 bits per heavy atom. The summed E-state index contributed by atoms with van der Waals surface area (Å²) in [6, 6.07) is 17.9. The fourth-order valence-electron chi connectivity index (χ4n) is 4.80. The monoisotopic (exact) mass is 695 g/mol. The Morgan fingerprint density at radius 1 is 0.939 bits per heavy atom. The van der Waals surface area contributed by atoms with Crippen molar-refractivity contribution in [2.24, 2.45) is 0 Å². The van der Waals surface area contributed by atoms with Gasteiger partial charge in [-0.25, -0.2) is 18.0 Å². The number of nitrogens with zero attached hydrogens (tertiary/aromatic N) is 3. The predicted octanol–water partition coefficient (Wildman–Crippen LogP) is 6.32. The van der Waals surface area contributed by atoms with Crippen LogP contribution in [0.1, 0.15) is 58.9 Å². The molecule has 4 aromatic rings. The number of rotatable bonds is 11. The maximum atomic E-state index is 13.2. The van der Waals surface area contributed by atoms with Crippen LogP contribution >= 0.6 is 0 Å². The number of hydrogen-bond donors (Lipinski definition) is 3. The molecule has 3 N–H and O–H groups in total. The van der Waals surface area contributed by atoms with Crippen molar-refractivity contribution in [3.63, 3.8) is 0 Å². The van der Waals surface area contributed by atoms with Crippen LogP contribution in [0.25, 0.3) is 10.9 Å². The lowest BCUT2D eigenvalue weighted by Crippen LogP contribution is -2.41. The van der Waals surface area contributed by atoms with Gasteiger partial charge in [-0.2, -0.15) is 9.78 Å². The van der Waals surface area contributed by atoms with E-state index in [1.165, 1.54) is 27.8 Å². The van der Waals surface area contributed by atoms with Crippen molar-refractivity contribution in [2.45, 2.75) is 70.7 Å². The molecule has 14 heteroatoms. The van der Waals surface area contributed by atoms with Crippen LogP contribution in [0.4, 0.5) is 21.0 Å². The molecule has 3 aromatic carbocycles. The molecule has 0 aliphatic heterocycles. The minimum atomic E-state index is -3.92. The molecule has 1 unspecified atom stereocenters. The molecule has 0 saturated carbocycles. The Morgan fingerprint density at radius 3 is 2.29 bits per heavy atom. The van der Waals surface area contributed by atoms with E-state index in [9.17, 15) is 23.1 Å². The number of carbonyl (C=O) groups is 2. The molecule has 0 aliphatic rings. The van der Waals surface area contributed by atoms with Crippen molar-refractivity contribution in [2.75, 3.05) is 36.8 Å². The molecule has 13 nitrogen and oxygen atoms in total. The van der Waals surface area contributed by atoms with Crippen LogP contribution in [0.2, 0.25) is 0 Å². The average molecular weight is 696 g/mol. The van der Waals surface area contributed by atoms with E-state index in [0.29, 0.717) is 28.2 Å². The first-order chi connectivity index (χ1) is 22.8. The van der Waals surface area contributed by atoms with E-state index in [4.69, 9.17) is 14.2 Å². The summed E-state index contributed by atoms with van der Waals surface area (Å²) in [7, 11) is -2.22. The number of hydrogen-bond acceptors (Lipinski definition) is 10. The molecule has 264 valence electrons. The molecule has 0 saturated heterocycles. The van der Waals surface area contributed by atoms with Gasteiger partial charge in [0.05, 0.1) is 35.3 Å². The van der Waals surface area contributed by atoms with E-state index >= 15 is 0 Å². The topological polar surface area (TPSA) is 161 Å². The van der Waals surface area contributed by atoms with Crippen molar-refractivity contribution in [1.29, 1.82) is 0 Å². The number of fused-ring (bicyclic) bond motifs is 1. The lowest BCUT2D eigenvalue weighted by Gasteiger charge is -2.29. The van der Waals surface area contributed by atoms with Gasteiger partial charge >= 0.3 is 12.2 Å². The summed E-state index contributed by atoms with van der Waals surface area (Å²) in [5.74, 6) is 0.433. The zero-order chi connectivity index (χ0) is 36.1. The number of aromatic nitrogens is 2. The second kappa shape index (κ2) is 14.7. The third kappa shape index (κ3) is 10.1. The molecule has 1 aromatic heterocycles. The lowest BCUT2D eigenvalue weighted by atomic mass is 10.1. The summed E-state index contributed by atoms with van der Waals surface area (Å²) in [6.45, 7) is 12.2. The van der Waals surface area contributed by atoms with Gasteiger partial charge in [-0.15, -0.1) is 0 Å². The maximum absolute atomic E-state index is 13.2. The van der Waals surface area contributed by atoms with Gasteiger partial charge in [0.25, 0.3) is 10.0 Å². The first kappa shape index (κ1) is 37.0. The van der Waals surface area contributed by atoms with Crippen molar-refractivity contribution in [3.8, 4) is 5.75 Å². The van der Waals surface area contributed by atoms with Crippen LogP contribution in [-0.4, -0.2) is 78.3 Å². The standard InChI is InChI=1S/C35H45N5O8S/c1-23-29-16-15-27(21-30(29)40(37-23)33(43)48-35(5,6)7)46-18-17-39(32(42)47-34(2,3)4)22-31(41)24-11-9-13-26(19-24)38-49(44,45)28-14-10-12-25(20-28)36-8/h9-16,19-21,31,36,38,41H,17-18,22H2,1-8H3. The predicted molar refractivity (Wildman–Crippen MR) is 188 cm³/mol. The quantitative estimate of drug-likeness (QED) is 0.162. The van der Waals surface area contributed by atoms with E-state index < -0.39 is 39.5 Å². The van der Waals surface area contributed by atoms with Crippen molar-refractivity contribution in [3.05, 3.63) is 78.0 Å². The third-order valence-corrected chi connectivity index (χ3v) is 8.41. The van der Waals surface area contributed by atoms with Crippen LogP contribution in [0.5, 0.6) is 5.75 Å². The molecule has 1 atom stereocenters. The SMILES string of the molecule is CNc1cccc(S(=O)(=O)Nc2cccc(C(O)CN(CCOc3ccc4c(C)nn(C(=O)OC(C)(C)C)c4c3)C(=O)OC(C)(C)C)c2)c1. The van der Waals surface area contributed by atoms with E-state index in [-0.39, 0.29) is 30.3 Å². The Balaban J connectivity index is 1.49. The number of ether oxygens (including phenoxy) is 3. The second-order valence-electron chi connectivity index (χ2n) is 13.5. The first-order valence-electron chi connectivity index (χ1n) is 15.8. The number of aliphatic hydroxyl groups is 1. The molecule has 0 bridgehead atoms. The highest BCUT2D eigenvalue weighted by atomic mass is 32.2. The highest BCUT2D eigenvalue weighted by molar-refractivity contribution is 7.92. The first-order valence-corrected chi connectivity index (χ1v) is 17.3. The average Bonchev–Trinajstić information content (AvgIpc) is 3.34. The molecule has 0 radical (unpaired) electrons. The summed E-state index contributed by atoms with van der Waals surface area (Å²) in [5.41, 5.74) is 0.922. The van der Waals surface area contributed by atoms with E-state index in [0.717, 1.165) is 5.39 Å². The van der Waals surface area contributed by atoms with Gasteiger partial charge < -0.3 is 29.5 Å². The summed E-state index contributed by atoms with van der Waals surface area (Å²) < 4.78 is 46.9. The number of anilines is 2. The Kier molecular flexibility index (Phi) is 11.1. The molecule has 0 spiro atoms. The summed E-state index contributed by atoms with van der Waals surface area (Å²) in [5, 5.41) is 19.2. The number of amides is 1. The normalized spacial score (nSPS) is 12.7. The number of aryl methyl sites for hydroxylation is 1. The fourth-order valence-corrected chi connectivity index (χ4v) is 5.89. The van der Waals surface area contributed by atoms with E-state index in [2.05, 4.69) is 15.1 Å². The molecule has 1 amide bonds. The van der Waals surface area contributed by atoms with Gasteiger partial charge in [-0.05, 0) is 96.5 Å². The second-order valence-corrected chi connectivity index (χ2v) is 15.1. The molecule has 4 rings (SSSR count). The minimum absolute atomic E-state index is 0.0303. The molecule has 0 fully saturated rings. The number of aliphatic hydroxyl groups excluding tert-OH is 1. The van der Waals surface area contributed by atoms with Gasteiger partial charge in [0.1, 0.15) is 23.6 Å². The number of sulfonamides is 1. The van der Waals surface area contributed by atoms with Crippen LogP contribution < -0.4 is 14.8 Å². The highest BCUT2D eigenvalue weighted by Crippen LogP contribution is 2.26. The highest BCUT2D eigenvalue weighted by Gasteiger charge is 2.26. The minimum Gasteiger partial charge on any atom is -0.492 e. The molecule has 49 heavy (non-hydrogen) atoms. The lowest BCUT2D eigenvalue weighted by molar-refractivity contribution is 0.0117. The molecule has 1 heterocycles. The van der Waals surface area contributed by atoms with Gasteiger partial charge in [0, 0.05) is 29.9 Å². The van der Waals surface area contributed by atoms with Crippen LogP contribution in [-0.2, 0) is 19.5 Å². The van der Waals surface area contributed by atoms with E-state index in [1.807, 2.05) is 0 Å². The largest absolute Gasteiger partial charge is 0.492 e. The Hall–Kier alpha value is -4.82.